The van der Waals surface area contributed by atoms with Gasteiger partial charge in [0.2, 0.25) is 0 Å². The van der Waals surface area contributed by atoms with Crippen molar-refractivity contribution in [1.82, 2.24) is 0 Å². The molecule has 0 amide bonds. The molecular weight excluding hydrogens is 596 g/mol. The molecule has 0 spiro atoms. The molecule has 47 heavy (non-hydrogen) atoms. The van der Waals surface area contributed by atoms with Crippen LogP contribution in [-0.2, 0) is 44.4 Å². The molecule has 3 saturated heterocycles. The molecule has 3 aliphatic heterocycles. The second-order valence-electron chi connectivity index (χ2n) is 13.5. The first-order valence-corrected chi connectivity index (χ1v) is 18.4. The molecule has 8 heteroatoms. The lowest BCUT2D eigenvalue weighted by molar-refractivity contribution is -0.203. The number of benzene rings is 1. The number of carbonyl (C=O) groups excluding carboxylic acids is 1. The third-order valence-electron chi connectivity index (χ3n) is 9.92. The highest BCUT2D eigenvalue weighted by atomic mass is 16.7. The minimum absolute atomic E-state index is 0.00595. The highest BCUT2D eigenvalue weighted by Gasteiger charge is 2.45. The van der Waals surface area contributed by atoms with Crippen LogP contribution in [0.5, 0.6) is 0 Å². The van der Waals surface area contributed by atoms with Gasteiger partial charge in [-0.1, -0.05) is 54.6 Å². The Morgan fingerprint density at radius 1 is 0.851 bits per heavy atom. The fourth-order valence-electron chi connectivity index (χ4n) is 7.26. The second kappa shape index (κ2) is 20.4. The summed E-state index contributed by atoms with van der Waals surface area (Å²) in [7, 11) is 1.44. The number of esters is 1. The molecule has 0 N–H and O–H groups in total. The first-order valence-electron chi connectivity index (χ1n) is 18.4. The van der Waals surface area contributed by atoms with Crippen molar-refractivity contribution in [3.05, 3.63) is 60.2 Å². The predicted octanol–water partition coefficient (Wildman–Crippen LogP) is 7.84. The number of aryl methyl sites for hydroxylation is 1. The number of carbonyl (C=O) groups is 1. The third-order valence-corrected chi connectivity index (χ3v) is 9.92. The average molecular weight is 655 g/mol. The summed E-state index contributed by atoms with van der Waals surface area (Å²) in [5.41, 5.74) is 1.31. The van der Waals surface area contributed by atoms with Crippen LogP contribution in [0.15, 0.2) is 54.6 Å². The van der Waals surface area contributed by atoms with Crippen molar-refractivity contribution in [2.24, 2.45) is 11.8 Å². The van der Waals surface area contributed by atoms with E-state index in [2.05, 4.69) is 54.6 Å². The zero-order chi connectivity index (χ0) is 32.5. The predicted molar refractivity (Wildman–Crippen MR) is 181 cm³/mol. The van der Waals surface area contributed by atoms with Crippen molar-refractivity contribution >= 4 is 5.97 Å². The van der Waals surface area contributed by atoms with Crippen LogP contribution in [0.2, 0.25) is 0 Å². The molecule has 1 aromatic carbocycles. The Morgan fingerprint density at radius 2 is 1.51 bits per heavy atom. The molecule has 4 fully saturated rings. The lowest BCUT2D eigenvalue weighted by atomic mass is 9.89. The maximum atomic E-state index is 11.6. The fraction of sp³-hybridized carbons (Fsp3) is 0.718. The molecule has 5 rings (SSSR count). The van der Waals surface area contributed by atoms with Crippen LogP contribution in [-0.4, -0.2) is 70.1 Å². The largest absolute Gasteiger partial charge is 0.469 e. The zero-order valence-electron chi connectivity index (χ0n) is 28.5. The van der Waals surface area contributed by atoms with Crippen molar-refractivity contribution in [2.45, 2.75) is 140 Å². The van der Waals surface area contributed by atoms with E-state index in [4.69, 9.17) is 33.2 Å². The minimum atomic E-state index is -0.176. The van der Waals surface area contributed by atoms with E-state index in [1.807, 2.05) is 0 Å². The van der Waals surface area contributed by atoms with Crippen LogP contribution in [0.1, 0.15) is 102 Å². The number of hydrogen-bond donors (Lipinski definition) is 0. The SMILES string of the molecule is COC(=O)CCCC=CC[C@@H]1[C@@H](C=C[C@H](CCc2ccccc2)OC2CCCCO2)[C@H](OC2CCCCO2)C[C@@H]1OC1CCCCO1. The number of allylic oxidation sites excluding steroid dienone is 2. The highest BCUT2D eigenvalue weighted by molar-refractivity contribution is 5.69. The summed E-state index contributed by atoms with van der Waals surface area (Å²) in [6, 6.07) is 10.6. The summed E-state index contributed by atoms with van der Waals surface area (Å²) in [4.78, 5) is 11.6. The van der Waals surface area contributed by atoms with Crippen LogP contribution in [0.4, 0.5) is 0 Å². The Bertz CT molecular complexity index is 1060. The molecule has 262 valence electrons. The normalized spacial score (nSPS) is 31.0. The second-order valence-corrected chi connectivity index (χ2v) is 13.5. The van der Waals surface area contributed by atoms with E-state index in [1.54, 1.807) is 0 Å². The van der Waals surface area contributed by atoms with E-state index in [0.717, 1.165) is 116 Å². The Balaban J connectivity index is 1.33. The highest BCUT2D eigenvalue weighted by Crippen LogP contribution is 2.42. The van der Waals surface area contributed by atoms with Gasteiger partial charge < -0.3 is 33.2 Å². The van der Waals surface area contributed by atoms with Gasteiger partial charge in [0.1, 0.15) is 0 Å². The van der Waals surface area contributed by atoms with E-state index in [0.29, 0.717) is 6.42 Å². The minimum Gasteiger partial charge on any atom is -0.469 e. The van der Waals surface area contributed by atoms with Gasteiger partial charge in [-0.2, -0.15) is 0 Å². The van der Waals surface area contributed by atoms with Gasteiger partial charge in [0.25, 0.3) is 0 Å². The third kappa shape index (κ3) is 12.4. The van der Waals surface area contributed by atoms with E-state index >= 15 is 0 Å². The van der Waals surface area contributed by atoms with Crippen molar-refractivity contribution in [3.63, 3.8) is 0 Å². The number of ether oxygens (including phenoxy) is 7. The van der Waals surface area contributed by atoms with Crippen LogP contribution >= 0.6 is 0 Å². The molecule has 3 heterocycles. The van der Waals surface area contributed by atoms with Crippen molar-refractivity contribution < 1.29 is 38.0 Å². The summed E-state index contributed by atoms with van der Waals surface area (Å²) in [6.45, 7) is 2.27. The van der Waals surface area contributed by atoms with Gasteiger partial charge in [0.05, 0.1) is 25.4 Å². The summed E-state index contributed by atoms with van der Waals surface area (Å²) >= 11 is 0. The van der Waals surface area contributed by atoms with Gasteiger partial charge >= 0.3 is 5.97 Å². The summed E-state index contributed by atoms with van der Waals surface area (Å²) in [6.07, 6.45) is 23.5. The van der Waals surface area contributed by atoms with Gasteiger partial charge in [-0.3, -0.25) is 4.79 Å². The quantitative estimate of drug-likeness (QED) is 0.0955. The van der Waals surface area contributed by atoms with Crippen LogP contribution in [0.25, 0.3) is 0 Å². The summed E-state index contributed by atoms with van der Waals surface area (Å²) < 4.78 is 43.1. The molecule has 1 aliphatic carbocycles. The van der Waals surface area contributed by atoms with Gasteiger partial charge in [-0.15, -0.1) is 0 Å². The lowest BCUT2D eigenvalue weighted by Crippen LogP contribution is -2.31. The van der Waals surface area contributed by atoms with Crippen LogP contribution < -0.4 is 0 Å². The van der Waals surface area contributed by atoms with Crippen molar-refractivity contribution in [1.29, 1.82) is 0 Å². The van der Waals surface area contributed by atoms with E-state index in [1.165, 1.54) is 12.7 Å². The summed E-state index contributed by atoms with van der Waals surface area (Å²) in [5, 5.41) is 0. The average Bonchev–Trinajstić information content (AvgIpc) is 3.43. The van der Waals surface area contributed by atoms with Crippen LogP contribution in [0, 0.1) is 11.8 Å². The molecule has 3 unspecified atom stereocenters. The van der Waals surface area contributed by atoms with E-state index in [-0.39, 0.29) is 55.0 Å². The van der Waals surface area contributed by atoms with Gasteiger partial charge in [0, 0.05) is 38.6 Å². The smallest absolute Gasteiger partial charge is 0.305 e. The summed E-state index contributed by atoms with van der Waals surface area (Å²) in [5.74, 6) is 0.180. The molecule has 0 bridgehead atoms. The lowest BCUT2D eigenvalue weighted by Gasteiger charge is -2.30. The monoisotopic (exact) mass is 654 g/mol. The van der Waals surface area contributed by atoms with Gasteiger partial charge in [-0.05, 0) is 101 Å². The first kappa shape index (κ1) is 36.2. The maximum absolute atomic E-state index is 11.6. The molecule has 1 saturated carbocycles. The topological polar surface area (TPSA) is 81.7 Å². The molecule has 8 atom stereocenters. The number of unbranched alkanes of at least 4 members (excludes halogenated alkanes) is 1. The molecule has 1 aromatic rings. The Kier molecular flexibility index (Phi) is 15.8. The number of hydrogen-bond acceptors (Lipinski definition) is 8. The van der Waals surface area contributed by atoms with Crippen molar-refractivity contribution in [2.75, 3.05) is 26.9 Å². The number of rotatable bonds is 17. The Morgan fingerprint density at radius 3 is 2.15 bits per heavy atom. The van der Waals surface area contributed by atoms with E-state index < -0.39 is 0 Å². The van der Waals surface area contributed by atoms with Crippen molar-refractivity contribution in [3.8, 4) is 0 Å². The van der Waals surface area contributed by atoms with Gasteiger partial charge in [-0.25, -0.2) is 0 Å². The maximum Gasteiger partial charge on any atom is 0.305 e. The Hall–Kier alpha value is -2.07. The van der Waals surface area contributed by atoms with Crippen LogP contribution in [0.3, 0.4) is 0 Å². The van der Waals surface area contributed by atoms with E-state index in [9.17, 15) is 4.79 Å². The molecule has 0 aromatic heterocycles. The number of methoxy groups -OCH3 is 1. The Labute approximate surface area is 282 Å². The molecule has 0 radical (unpaired) electrons. The molecule has 8 nitrogen and oxygen atoms in total. The zero-order valence-corrected chi connectivity index (χ0v) is 28.5. The first-order chi connectivity index (χ1) is 23.2. The fourth-order valence-corrected chi connectivity index (χ4v) is 7.26. The van der Waals surface area contributed by atoms with Gasteiger partial charge in [0.15, 0.2) is 18.9 Å². The molecule has 4 aliphatic rings. The standard InChI is InChI=1S/C39H58O8/c1-41-36(40)18-8-3-2-7-17-32-33(25-24-31(45-37-19-9-12-26-42-37)23-22-30-15-5-4-6-16-30)35(47-39-21-11-14-28-44-39)29-34(32)46-38-20-10-13-27-43-38/h2,4-7,15-16,24-25,31-35,37-39H,3,8-14,17-23,26-29H2,1H3/t31-,32+,33+,34-,35+,37?,38?,39?/m0/s1. The molecular formula is C39H58O8.